The average molecular weight is 279 g/mol. The number of rotatable bonds is 7. The second-order valence-electron chi connectivity index (χ2n) is 6.02. The van der Waals surface area contributed by atoms with Crippen molar-refractivity contribution in [3.05, 3.63) is 22.4 Å². The van der Waals surface area contributed by atoms with E-state index >= 15 is 0 Å². The summed E-state index contributed by atoms with van der Waals surface area (Å²) in [6.07, 6.45) is 9.78. The molecule has 1 atom stereocenters. The van der Waals surface area contributed by atoms with Crippen molar-refractivity contribution in [3.8, 4) is 0 Å². The van der Waals surface area contributed by atoms with Crippen molar-refractivity contribution >= 4 is 11.3 Å². The molecule has 1 aromatic heterocycles. The molecular formula is C17H29NS. The van der Waals surface area contributed by atoms with Gasteiger partial charge in [0.2, 0.25) is 0 Å². The van der Waals surface area contributed by atoms with E-state index < -0.39 is 0 Å². The van der Waals surface area contributed by atoms with E-state index in [1.165, 1.54) is 44.9 Å². The van der Waals surface area contributed by atoms with E-state index in [1.807, 2.05) is 11.3 Å². The molecule has 1 saturated carbocycles. The van der Waals surface area contributed by atoms with Crippen molar-refractivity contribution in [2.75, 3.05) is 6.54 Å². The second kappa shape index (κ2) is 8.06. The summed E-state index contributed by atoms with van der Waals surface area (Å²) in [6.45, 7) is 5.73. The van der Waals surface area contributed by atoms with Crippen LogP contribution in [0.1, 0.15) is 69.7 Å². The zero-order valence-corrected chi connectivity index (χ0v) is 13.3. The number of hydrogen-bond acceptors (Lipinski definition) is 2. The van der Waals surface area contributed by atoms with Gasteiger partial charge in [-0.2, -0.15) is 0 Å². The molecule has 1 fully saturated rings. The van der Waals surface area contributed by atoms with Crippen LogP contribution in [0.15, 0.2) is 17.5 Å². The van der Waals surface area contributed by atoms with Crippen molar-refractivity contribution in [1.82, 2.24) is 5.32 Å². The molecule has 1 aromatic rings. The van der Waals surface area contributed by atoms with E-state index in [0.717, 1.165) is 18.4 Å². The smallest absolute Gasteiger partial charge is 0.0443 e. The van der Waals surface area contributed by atoms with Crippen molar-refractivity contribution in [2.45, 2.75) is 64.8 Å². The van der Waals surface area contributed by atoms with E-state index in [2.05, 4.69) is 36.7 Å². The van der Waals surface area contributed by atoms with Crippen LogP contribution < -0.4 is 5.32 Å². The first-order valence-electron chi connectivity index (χ1n) is 8.11. The molecule has 2 rings (SSSR count). The molecular weight excluding hydrogens is 250 g/mol. The molecule has 0 saturated heterocycles. The molecule has 0 radical (unpaired) electrons. The summed E-state index contributed by atoms with van der Waals surface area (Å²) >= 11 is 1.92. The van der Waals surface area contributed by atoms with Gasteiger partial charge in [0, 0.05) is 10.9 Å². The van der Waals surface area contributed by atoms with Gasteiger partial charge in [-0.15, -0.1) is 11.3 Å². The topological polar surface area (TPSA) is 12.0 Å². The summed E-state index contributed by atoms with van der Waals surface area (Å²) < 4.78 is 0. The minimum absolute atomic E-state index is 0.613. The monoisotopic (exact) mass is 279 g/mol. The molecule has 1 nitrogen and oxygen atoms in total. The van der Waals surface area contributed by atoms with Crippen LogP contribution >= 0.6 is 11.3 Å². The number of thiophene rings is 1. The van der Waals surface area contributed by atoms with Gasteiger partial charge < -0.3 is 5.32 Å². The lowest BCUT2D eigenvalue weighted by molar-refractivity contribution is 0.216. The van der Waals surface area contributed by atoms with E-state index in [-0.39, 0.29) is 0 Å². The fourth-order valence-electron chi connectivity index (χ4n) is 3.49. The first-order chi connectivity index (χ1) is 9.35. The lowest BCUT2D eigenvalue weighted by Gasteiger charge is -2.34. The summed E-state index contributed by atoms with van der Waals surface area (Å²) in [4.78, 5) is 1.55. The minimum atomic E-state index is 0.613. The van der Waals surface area contributed by atoms with Crippen molar-refractivity contribution in [2.24, 2.45) is 11.8 Å². The van der Waals surface area contributed by atoms with Gasteiger partial charge in [0.15, 0.2) is 0 Å². The summed E-state index contributed by atoms with van der Waals surface area (Å²) in [6, 6.07) is 5.13. The highest BCUT2D eigenvalue weighted by molar-refractivity contribution is 7.10. The molecule has 1 N–H and O–H groups in total. The van der Waals surface area contributed by atoms with Crippen LogP contribution in [0.4, 0.5) is 0 Å². The third kappa shape index (κ3) is 4.32. The Morgan fingerprint density at radius 1 is 1.21 bits per heavy atom. The standard InChI is InChI=1S/C17H29NS/c1-3-6-14-8-10-15(11-9-14)17(18-12-4-2)16-7-5-13-19-16/h5,7,13-15,17-18H,3-4,6,8-12H2,1-2H3. The Hall–Kier alpha value is -0.340. The summed E-state index contributed by atoms with van der Waals surface area (Å²) in [5.41, 5.74) is 0. The Kier molecular flexibility index (Phi) is 6.39. The molecule has 19 heavy (non-hydrogen) atoms. The van der Waals surface area contributed by atoms with Gasteiger partial charge in [-0.3, -0.25) is 0 Å². The maximum Gasteiger partial charge on any atom is 0.0443 e. The van der Waals surface area contributed by atoms with Crippen LogP contribution in [0.5, 0.6) is 0 Å². The van der Waals surface area contributed by atoms with E-state index in [0.29, 0.717) is 6.04 Å². The Bertz CT molecular complexity index is 325. The van der Waals surface area contributed by atoms with E-state index in [9.17, 15) is 0 Å². The molecule has 108 valence electrons. The third-order valence-corrected chi connectivity index (χ3v) is 5.48. The van der Waals surface area contributed by atoms with Crippen LogP contribution in [-0.2, 0) is 0 Å². The lowest BCUT2D eigenvalue weighted by atomic mass is 9.76. The molecule has 1 heterocycles. The third-order valence-electron chi connectivity index (χ3n) is 4.52. The Labute approximate surface area is 122 Å². The summed E-state index contributed by atoms with van der Waals surface area (Å²) in [7, 11) is 0. The fourth-order valence-corrected chi connectivity index (χ4v) is 4.38. The predicted molar refractivity (Wildman–Crippen MR) is 85.7 cm³/mol. The van der Waals surface area contributed by atoms with Gasteiger partial charge in [0.05, 0.1) is 0 Å². The molecule has 2 heteroatoms. The molecule has 0 amide bonds. The molecule has 0 aromatic carbocycles. The summed E-state index contributed by atoms with van der Waals surface area (Å²) in [5, 5.41) is 6.02. The Balaban J connectivity index is 1.92. The molecule has 1 unspecified atom stereocenters. The Morgan fingerprint density at radius 3 is 2.58 bits per heavy atom. The van der Waals surface area contributed by atoms with Gasteiger partial charge in [-0.1, -0.05) is 45.6 Å². The van der Waals surface area contributed by atoms with Gasteiger partial charge in [-0.05, 0) is 49.1 Å². The predicted octanol–water partition coefficient (Wildman–Crippen LogP) is 5.40. The largest absolute Gasteiger partial charge is 0.309 e. The highest BCUT2D eigenvalue weighted by atomic mass is 32.1. The van der Waals surface area contributed by atoms with Crippen LogP contribution in [0, 0.1) is 11.8 Å². The lowest BCUT2D eigenvalue weighted by Crippen LogP contribution is -2.31. The average Bonchev–Trinajstić information content (AvgIpc) is 2.95. The summed E-state index contributed by atoms with van der Waals surface area (Å²) in [5.74, 6) is 1.87. The highest BCUT2D eigenvalue weighted by Gasteiger charge is 2.28. The first kappa shape index (κ1) is 15.1. The van der Waals surface area contributed by atoms with Crippen molar-refractivity contribution < 1.29 is 0 Å². The number of nitrogens with one attached hydrogen (secondary N) is 1. The normalized spacial score (nSPS) is 25.4. The molecule has 0 spiro atoms. The van der Waals surface area contributed by atoms with Gasteiger partial charge in [0.1, 0.15) is 0 Å². The van der Waals surface area contributed by atoms with Crippen LogP contribution in [0.25, 0.3) is 0 Å². The van der Waals surface area contributed by atoms with Gasteiger partial charge in [-0.25, -0.2) is 0 Å². The van der Waals surface area contributed by atoms with Crippen LogP contribution in [0.2, 0.25) is 0 Å². The highest BCUT2D eigenvalue weighted by Crippen LogP contribution is 2.39. The quantitative estimate of drug-likeness (QED) is 0.705. The Morgan fingerprint density at radius 2 is 2.00 bits per heavy atom. The van der Waals surface area contributed by atoms with Gasteiger partial charge >= 0.3 is 0 Å². The number of hydrogen-bond donors (Lipinski definition) is 1. The molecule has 1 aliphatic rings. The maximum atomic E-state index is 3.80. The van der Waals surface area contributed by atoms with Gasteiger partial charge in [0.25, 0.3) is 0 Å². The molecule has 1 aliphatic carbocycles. The van der Waals surface area contributed by atoms with E-state index in [1.54, 1.807) is 4.88 Å². The van der Waals surface area contributed by atoms with Crippen molar-refractivity contribution in [1.29, 1.82) is 0 Å². The van der Waals surface area contributed by atoms with Crippen molar-refractivity contribution in [3.63, 3.8) is 0 Å². The molecule has 0 aliphatic heterocycles. The second-order valence-corrected chi connectivity index (χ2v) is 7.00. The molecule has 0 bridgehead atoms. The maximum absolute atomic E-state index is 3.80. The zero-order valence-electron chi connectivity index (χ0n) is 12.5. The fraction of sp³-hybridized carbons (Fsp3) is 0.765. The minimum Gasteiger partial charge on any atom is -0.309 e. The van der Waals surface area contributed by atoms with Crippen LogP contribution in [0.3, 0.4) is 0 Å². The first-order valence-corrected chi connectivity index (χ1v) is 8.99. The zero-order chi connectivity index (χ0) is 13.5. The van der Waals surface area contributed by atoms with Crippen LogP contribution in [-0.4, -0.2) is 6.54 Å². The SMILES string of the molecule is CCCNC(c1cccs1)C1CCC(CCC)CC1. The van der Waals surface area contributed by atoms with E-state index in [4.69, 9.17) is 0 Å².